The van der Waals surface area contributed by atoms with Gasteiger partial charge in [0.1, 0.15) is 22.4 Å². The Labute approximate surface area is 102 Å². The van der Waals surface area contributed by atoms with E-state index in [4.69, 9.17) is 10.2 Å². The summed E-state index contributed by atoms with van der Waals surface area (Å²) in [4.78, 5) is 8.04. The third-order valence-electron chi connectivity index (χ3n) is 2.14. The van der Waals surface area contributed by atoms with Gasteiger partial charge in [-0.2, -0.15) is 0 Å². The third-order valence-corrected chi connectivity index (χ3v) is 2.90. The second-order valence-corrected chi connectivity index (χ2v) is 4.43. The standard InChI is InChI=1S/C9H15BrN4O2/c1-9(3-15,4-16)14-8-6(10)7(11-2)12-5-13-8/h5,15-16H,3-4H2,1-2H3,(H2,11,12,13,14). The van der Waals surface area contributed by atoms with E-state index in [2.05, 4.69) is 36.5 Å². The van der Waals surface area contributed by atoms with Gasteiger partial charge in [-0.15, -0.1) is 0 Å². The van der Waals surface area contributed by atoms with Crippen molar-refractivity contribution in [3.05, 3.63) is 10.8 Å². The molecule has 0 saturated heterocycles. The van der Waals surface area contributed by atoms with Gasteiger partial charge in [-0.25, -0.2) is 9.97 Å². The van der Waals surface area contributed by atoms with Crippen LogP contribution < -0.4 is 10.6 Å². The highest BCUT2D eigenvalue weighted by molar-refractivity contribution is 9.10. The molecule has 16 heavy (non-hydrogen) atoms. The molecule has 0 atom stereocenters. The number of aliphatic hydroxyl groups is 2. The van der Waals surface area contributed by atoms with Crippen molar-refractivity contribution in [1.82, 2.24) is 9.97 Å². The first-order chi connectivity index (χ1) is 7.56. The van der Waals surface area contributed by atoms with Gasteiger partial charge in [-0.05, 0) is 22.9 Å². The zero-order valence-corrected chi connectivity index (χ0v) is 10.7. The molecule has 4 N–H and O–H groups in total. The highest BCUT2D eigenvalue weighted by atomic mass is 79.9. The number of aromatic nitrogens is 2. The molecule has 0 aliphatic carbocycles. The predicted molar refractivity (Wildman–Crippen MR) is 65.5 cm³/mol. The number of nitrogens with one attached hydrogen (secondary N) is 2. The van der Waals surface area contributed by atoms with E-state index in [1.165, 1.54) is 6.33 Å². The Bertz CT molecular complexity index is 357. The van der Waals surface area contributed by atoms with Crippen LogP contribution in [-0.2, 0) is 0 Å². The van der Waals surface area contributed by atoms with Crippen LogP contribution in [0.1, 0.15) is 6.92 Å². The van der Waals surface area contributed by atoms with Crippen molar-refractivity contribution in [3.8, 4) is 0 Å². The Morgan fingerprint density at radius 1 is 1.31 bits per heavy atom. The Morgan fingerprint density at radius 2 is 1.88 bits per heavy atom. The fourth-order valence-corrected chi connectivity index (χ4v) is 1.55. The van der Waals surface area contributed by atoms with Gasteiger partial charge in [0.2, 0.25) is 0 Å². The molecule has 7 heteroatoms. The van der Waals surface area contributed by atoms with Gasteiger partial charge in [0, 0.05) is 7.05 Å². The number of aliphatic hydroxyl groups excluding tert-OH is 2. The average molecular weight is 291 g/mol. The molecule has 0 spiro atoms. The molecule has 1 rings (SSSR count). The van der Waals surface area contributed by atoms with E-state index in [0.29, 0.717) is 16.1 Å². The molecule has 0 radical (unpaired) electrons. The lowest BCUT2D eigenvalue weighted by atomic mass is 10.1. The second kappa shape index (κ2) is 5.42. The van der Waals surface area contributed by atoms with Crippen molar-refractivity contribution in [2.24, 2.45) is 0 Å². The molecule has 0 aliphatic rings. The summed E-state index contributed by atoms with van der Waals surface area (Å²) in [5.74, 6) is 1.15. The van der Waals surface area contributed by atoms with Gasteiger partial charge in [-0.3, -0.25) is 0 Å². The summed E-state index contributed by atoms with van der Waals surface area (Å²) in [6.45, 7) is 1.30. The van der Waals surface area contributed by atoms with Crippen molar-refractivity contribution in [2.75, 3.05) is 30.9 Å². The van der Waals surface area contributed by atoms with Crippen LogP contribution in [0.15, 0.2) is 10.8 Å². The number of hydrogen-bond acceptors (Lipinski definition) is 6. The van der Waals surface area contributed by atoms with Crippen LogP contribution in [0.5, 0.6) is 0 Å². The maximum atomic E-state index is 9.17. The van der Waals surface area contributed by atoms with E-state index in [-0.39, 0.29) is 13.2 Å². The summed E-state index contributed by atoms with van der Waals surface area (Å²) < 4.78 is 0.658. The van der Waals surface area contributed by atoms with Gasteiger partial charge in [-0.1, -0.05) is 0 Å². The van der Waals surface area contributed by atoms with Gasteiger partial charge in [0.25, 0.3) is 0 Å². The lowest BCUT2D eigenvalue weighted by Crippen LogP contribution is -2.42. The Balaban J connectivity index is 2.97. The van der Waals surface area contributed by atoms with E-state index < -0.39 is 5.54 Å². The van der Waals surface area contributed by atoms with E-state index in [9.17, 15) is 0 Å². The first-order valence-corrected chi connectivity index (χ1v) is 5.54. The first-order valence-electron chi connectivity index (χ1n) is 4.74. The van der Waals surface area contributed by atoms with Crippen molar-refractivity contribution in [1.29, 1.82) is 0 Å². The Morgan fingerprint density at radius 3 is 2.38 bits per heavy atom. The molecule has 0 aromatic carbocycles. The highest BCUT2D eigenvalue weighted by Crippen LogP contribution is 2.27. The van der Waals surface area contributed by atoms with Crippen LogP contribution in [0, 0.1) is 0 Å². The molecule has 0 saturated carbocycles. The summed E-state index contributed by atoms with van der Waals surface area (Å²) in [6.07, 6.45) is 1.40. The average Bonchev–Trinajstić information content (AvgIpc) is 2.32. The molecule has 6 nitrogen and oxygen atoms in total. The third kappa shape index (κ3) is 2.81. The number of rotatable bonds is 5. The molecule has 1 aromatic rings. The predicted octanol–water partition coefficient (Wildman–Crippen LogP) is 0.436. The molecule has 1 aromatic heterocycles. The Kier molecular flexibility index (Phi) is 4.45. The number of halogens is 1. The lowest BCUT2D eigenvalue weighted by Gasteiger charge is -2.27. The summed E-state index contributed by atoms with van der Waals surface area (Å²) in [5, 5.41) is 24.2. The maximum absolute atomic E-state index is 9.17. The zero-order valence-electron chi connectivity index (χ0n) is 9.16. The molecule has 0 bridgehead atoms. The van der Waals surface area contributed by atoms with Crippen LogP contribution in [0.3, 0.4) is 0 Å². The minimum absolute atomic E-state index is 0.200. The SMILES string of the molecule is CNc1ncnc(NC(C)(CO)CO)c1Br. The summed E-state index contributed by atoms with van der Waals surface area (Å²) in [6, 6.07) is 0. The molecule has 90 valence electrons. The molecular weight excluding hydrogens is 276 g/mol. The maximum Gasteiger partial charge on any atom is 0.146 e. The summed E-state index contributed by atoms with van der Waals surface area (Å²) >= 11 is 3.34. The van der Waals surface area contributed by atoms with Crippen LogP contribution >= 0.6 is 15.9 Å². The molecule has 1 heterocycles. The molecule has 0 fully saturated rings. The minimum atomic E-state index is -0.818. The van der Waals surface area contributed by atoms with Crippen LogP contribution in [-0.4, -0.2) is 46.0 Å². The summed E-state index contributed by atoms with van der Waals surface area (Å²) in [7, 11) is 1.74. The Hall–Kier alpha value is -0.920. The van der Waals surface area contributed by atoms with E-state index in [0.717, 1.165) is 0 Å². The van der Waals surface area contributed by atoms with E-state index >= 15 is 0 Å². The van der Waals surface area contributed by atoms with Crippen LogP contribution in [0.25, 0.3) is 0 Å². The van der Waals surface area contributed by atoms with Crippen molar-refractivity contribution >= 4 is 27.6 Å². The number of hydrogen-bond donors (Lipinski definition) is 4. The quantitative estimate of drug-likeness (QED) is 0.629. The van der Waals surface area contributed by atoms with Gasteiger partial charge < -0.3 is 20.8 Å². The molecule has 0 aliphatic heterocycles. The van der Waals surface area contributed by atoms with E-state index in [1.807, 2.05) is 0 Å². The molecule has 0 unspecified atom stereocenters. The van der Waals surface area contributed by atoms with Crippen molar-refractivity contribution < 1.29 is 10.2 Å². The zero-order chi connectivity index (χ0) is 12.2. The molecular formula is C9H15BrN4O2. The van der Waals surface area contributed by atoms with Crippen molar-refractivity contribution in [3.63, 3.8) is 0 Å². The fourth-order valence-electron chi connectivity index (χ4n) is 1.05. The van der Waals surface area contributed by atoms with Crippen LogP contribution in [0.2, 0.25) is 0 Å². The lowest BCUT2D eigenvalue weighted by molar-refractivity contribution is 0.147. The number of nitrogens with zero attached hydrogens (tertiary/aromatic N) is 2. The van der Waals surface area contributed by atoms with Crippen molar-refractivity contribution in [2.45, 2.75) is 12.5 Å². The van der Waals surface area contributed by atoms with Gasteiger partial charge >= 0.3 is 0 Å². The van der Waals surface area contributed by atoms with Gasteiger partial charge in [0.15, 0.2) is 0 Å². The monoisotopic (exact) mass is 290 g/mol. The van der Waals surface area contributed by atoms with E-state index in [1.54, 1.807) is 14.0 Å². The van der Waals surface area contributed by atoms with Crippen LogP contribution in [0.4, 0.5) is 11.6 Å². The molecule has 0 amide bonds. The number of anilines is 2. The first kappa shape index (κ1) is 13.1. The minimum Gasteiger partial charge on any atom is -0.394 e. The largest absolute Gasteiger partial charge is 0.394 e. The normalized spacial score (nSPS) is 11.3. The fraction of sp³-hybridized carbons (Fsp3) is 0.556. The second-order valence-electron chi connectivity index (χ2n) is 3.64. The van der Waals surface area contributed by atoms with Gasteiger partial charge in [0.05, 0.1) is 18.8 Å². The smallest absolute Gasteiger partial charge is 0.146 e. The highest BCUT2D eigenvalue weighted by Gasteiger charge is 2.24. The topological polar surface area (TPSA) is 90.3 Å². The summed E-state index contributed by atoms with van der Waals surface area (Å²) in [5.41, 5.74) is -0.818.